The summed E-state index contributed by atoms with van der Waals surface area (Å²) in [7, 11) is 0. The van der Waals surface area contributed by atoms with E-state index in [1.807, 2.05) is 62.4 Å². The van der Waals surface area contributed by atoms with Gasteiger partial charge in [-0.05, 0) is 37.1 Å². The van der Waals surface area contributed by atoms with Gasteiger partial charge in [-0.3, -0.25) is 0 Å². The molecule has 0 aliphatic rings. The molecule has 0 aromatic heterocycles. The van der Waals surface area contributed by atoms with Crippen molar-refractivity contribution in [3.63, 3.8) is 0 Å². The van der Waals surface area contributed by atoms with Crippen LogP contribution >= 0.6 is 0 Å². The van der Waals surface area contributed by atoms with Crippen LogP contribution < -0.4 is 0 Å². The van der Waals surface area contributed by atoms with Gasteiger partial charge in [-0.25, -0.2) is 0 Å². The van der Waals surface area contributed by atoms with Crippen molar-refractivity contribution in [2.45, 2.75) is 13.8 Å². The summed E-state index contributed by atoms with van der Waals surface area (Å²) < 4.78 is 0.905. The van der Waals surface area contributed by atoms with Crippen LogP contribution in [-0.2, 0) is 0 Å². The lowest BCUT2D eigenvalue weighted by Crippen LogP contribution is -1.99. The second-order valence-corrected chi connectivity index (χ2v) is 4.13. The summed E-state index contributed by atoms with van der Waals surface area (Å²) in [5.41, 5.74) is 3.89. The average Bonchev–Trinajstić information content (AvgIpc) is 2.34. The highest BCUT2D eigenvalue weighted by atomic mass is 16.5. The van der Waals surface area contributed by atoms with Crippen LogP contribution in [0.4, 0.5) is 5.69 Å². The van der Waals surface area contributed by atoms with Crippen molar-refractivity contribution >= 4 is 11.9 Å². The Balaban J connectivity index is 2.34. The van der Waals surface area contributed by atoms with E-state index in [1.165, 1.54) is 5.56 Å². The Labute approximate surface area is 101 Å². The zero-order valence-corrected chi connectivity index (χ0v) is 10.1. The maximum absolute atomic E-state index is 11.9. The van der Waals surface area contributed by atoms with Crippen LogP contribution in [0.3, 0.4) is 0 Å². The third kappa shape index (κ3) is 2.72. The van der Waals surface area contributed by atoms with Gasteiger partial charge in [0.05, 0.1) is 0 Å². The van der Waals surface area contributed by atoms with E-state index in [0.717, 1.165) is 15.9 Å². The van der Waals surface area contributed by atoms with Crippen LogP contribution in [0.1, 0.15) is 16.7 Å². The summed E-state index contributed by atoms with van der Waals surface area (Å²) in [5, 5.41) is 11.9. The van der Waals surface area contributed by atoms with E-state index in [-0.39, 0.29) is 0 Å². The molecule has 0 radical (unpaired) electrons. The summed E-state index contributed by atoms with van der Waals surface area (Å²) in [4.78, 5) is 0. The fraction of sp³-hybridized carbons (Fsp3) is 0.133. The van der Waals surface area contributed by atoms with Gasteiger partial charge in [-0.2, -0.15) is 4.74 Å². The van der Waals surface area contributed by atoms with Gasteiger partial charge in [0.25, 0.3) is 0 Å². The van der Waals surface area contributed by atoms with E-state index in [2.05, 4.69) is 0 Å². The van der Waals surface area contributed by atoms with Gasteiger partial charge in [0, 0.05) is 17.7 Å². The molecule has 0 aliphatic carbocycles. The van der Waals surface area contributed by atoms with Gasteiger partial charge in [0.2, 0.25) is 5.69 Å². The maximum atomic E-state index is 11.9. The molecule has 0 N–H and O–H groups in total. The van der Waals surface area contributed by atoms with Crippen LogP contribution in [0.25, 0.3) is 0 Å². The first-order valence-electron chi connectivity index (χ1n) is 5.60. The first-order chi connectivity index (χ1) is 8.16. The van der Waals surface area contributed by atoms with Gasteiger partial charge in [0.1, 0.15) is 0 Å². The number of nitrogens with zero attached hydrogens (tertiary/aromatic N) is 1. The first kappa shape index (κ1) is 11.4. The van der Waals surface area contributed by atoms with Crippen molar-refractivity contribution in [3.8, 4) is 0 Å². The Morgan fingerprint density at radius 1 is 0.941 bits per heavy atom. The van der Waals surface area contributed by atoms with Crippen molar-refractivity contribution < 1.29 is 4.74 Å². The third-order valence-corrected chi connectivity index (χ3v) is 2.81. The Hall–Kier alpha value is -2.09. The predicted molar refractivity (Wildman–Crippen MR) is 70.8 cm³/mol. The lowest BCUT2D eigenvalue weighted by Gasteiger charge is -2.05. The van der Waals surface area contributed by atoms with Gasteiger partial charge in [0.15, 0.2) is 6.21 Å². The summed E-state index contributed by atoms with van der Waals surface area (Å²) in [6.45, 7) is 4.05. The summed E-state index contributed by atoms with van der Waals surface area (Å²) in [6.07, 6.45) is 1.59. The highest BCUT2D eigenvalue weighted by Crippen LogP contribution is 2.16. The fourth-order valence-electron chi connectivity index (χ4n) is 1.61. The number of aryl methyl sites for hydroxylation is 2. The minimum absolute atomic E-state index is 0.664. The molecule has 0 aliphatic heterocycles. The molecule has 2 rings (SSSR count). The van der Waals surface area contributed by atoms with E-state index in [4.69, 9.17) is 0 Å². The number of hydrogen-bond acceptors (Lipinski definition) is 1. The van der Waals surface area contributed by atoms with Crippen LogP contribution in [0, 0.1) is 19.1 Å². The third-order valence-electron chi connectivity index (χ3n) is 2.81. The van der Waals surface area contributed by atoms with Crippen molar-refractivity contribution in [2.75, 3.05) is 0 Å². The van der Waals surface area contributed by atoms with E-state index < -0.39 is 0 Å². The quantitative estimate of drug-likeness (QED) is 0.332. The second-order valence-electron chi connectivity index (χ2n) is 4.13. The Kier molecular flexibility index (Phi) is 3.24. The number of rotatable bonds is 2. The number of hydrogen-bond donors (Lipinski definition) is 0. The monoisotopic (exact) mass is 225 g/mol. The van der Waals surface area contributed by atoms with Gasteiger partial charge in [-0.15, -0.1) is 0 Å². The topological polar surface area (TPSA) is 26.1 Å². The molecule has 0 spiro atoms. The minimum atomic E-state index is 0.664. The minimum Gasteiger partial charge on any atom is -0.618 e. The zero-order chi connectivity index (χ0) is 12.3. The smallest absolute Gasteiger partial charge is 0.216 e. The molecule has 86 valence electrons. The largest absolute Gasteiger partial charge is 0.618 e. The van der Waals surface area contributed by atoms with Crippen molar-refractivity contribution in [1.82, 2.24) is 0 Å². The van der Waals surface area contributed by atoms with Crippen molar-refractivity contribution in [2.24, 2.45) is 0 Å². The maximum Gasteiger partial charge on any atom is 0.216 e. The van der Waals surface area contributed by atoms with Gasteiger partial charge >= 0.3 is 0 Å². The Bertz CT molecular complexity index is 544. The van der Waals surface area contributed by atoms with Gasteiger partial charge < -0.3 is 5.21 Å². The molecular weight excluding hydrogens is 210 g/mol. The van der Waals surface area contributed by atoms with Crippen LogP contribution in [-0.4, -0.2) is 11.0 Å². The normalized spacial score (nSPS) is 11.5. The Morgan fingerprint density at radius 2 is 1.65 bits per heavy atom. The molecular formula is C15H15NO. The van der Waals surface area contributed by atoms with E-state index in [1.54, 1.807) is 6.21 Å². The molecule has 0 heterocycles. The second kappa shape index (κ2) is 4.83. The average molecular weight is 225 g/mol. The zero-order valence-electron chi connectivity index (χ0n) is 10.1. The molecule has 0 saturated heterocycles. The predicted octanol–water partition coefficient (Wildman–Crippen LogP) is 3.56. The van der Waals surface area contributed by atoms with Crippen molar-refractivity contribution in [1.29, 1.82) is 0 Å². The summed E-state index contributed by atoms with van der Waals surface area (Å²) in [6, 6.07) is 15.3. The highest BCUT2D eigenvalue weighted by Gasteiger charge is 2.03. The summed E-state index contributed by atoms with van der Waals surface area (Å²) >= 11 is 0. The molecule has 0 amide bonds. The van der Waals surface area contributed by atoms with E-state index in [9.17, 15) is 5.21 Å². The van der Waals surface area contributed by atoms with Crippen LogP contribution in [0.5, 0.6) is 0 Å². The number of benzene rings is 2. The molecule has 0 unspecified atom stereocenters. The molecule has 17 heavy (non-hydrogen) atoms. The molecule has 0 bridgehead atoms. The molecule has 0 fully saturated rings. The van der Waals surface area contributed by atoms with Gasteiger partial charge in [-0.1, -0.05) is 24.3 Å². The molecule has 2 aromatic rings. The lowest BCUT2D eigenvalue weighted by atomic mass is 10.1. The fourth-order valence-corrected chi connectivity index (χ4v) is 1.61. The van der Waals surface area contributed by atoms with Crippen LogP contribution in [0.2, 0.25) is 0 Å². The molecule has 2 aromatic carbocycles. The van der Waals surface area contributed by atoms with Crippen molar-refractivity contribution in [3.05, 3.63) is 70.4 Å². The first-order valence-corrected chi connectivity index (χ1v) is 5.60. The summed E-state index contributed by atoms with van der Waals surface area (Å²) in [5.74, 6) is 0. The Morgan fingerprint density at radius 3 is 2.29 bits per heavy atom. The highest BCUT2D eigenvalue weighted by molar-refractivity contribution is 5.76. The molecule has 2 nitrogen and oxygen atoms in total. The lowest BCUT2D eigenvalue weighted by molar-refractivity contribution is -0.354. The van der Waals surface area contributed by atoms with E-state index >= 15 is 0 Å². The molecule has 2 heteroatoms. The SMILES string of the molecule is Cc1ccc(/[N+]([O-])=C/c2ccccc2)cc1C. The van der Waals surface area contributed by atoms with E-state index in [0.29, 0.717) is 5.69 Å². The standard InChI is InChI=1S/C15H15NO/c1-12-8-9-15(10-13(12)2)16(17)11-14-6-4-3-5-7-14/h3-11H,1-2H3/b16-11-. The molecule has 0 atom stereocenters. The molecule has 0 saturated carbocycles. The van der Waals surface area contributed by atoms with Crippen LogP contribution in [0.15, 0.2) is 48.5 Å².